The Hall–Kier alpha value is -1.32. The maximum absolute atomic E-state index is 11.5. The van der Waals surface area contributed by atoms with Crippen molar-refractivity contribution in [3.63, 3.8) is 0 Å². The quantitative estimate of drug-likeness (QED) is 0.660. The van der Waals surface area contributed by atoms with Crippen LogP contribution in [0.2, 0.25) is 0 Å². The number of hydrogen-bond donors (Lipinski definition) is 2. The van der Waals surface area contributed by atoms with Gasteiger partial charge in [0.05, 0.1) is 0 Å². The van der Waals surface area contributed by atoms with Gasteiger partial charge in [0, 0.05) is 12.6 Å². The number of rotatable bonds is 2. The van der Waals surface area contributed by atoms with Crippen molar-refractivity contribution in [2.45, 2.75) is 39.2 Å². The third-order valence-corrected chi connectivity index (χ3v) is 2.27. The van der Waals surface area contributed by atoms with Crippen molar-refractivity contribution in [1.82, 2.24) is 10.6 Å². The number of carbonyl (C=O) groups excluding carboxylic acids is 2. The third-order valence-electron chi connectivity index (χ3n) is 2.27. The van der Waals surface area contributed by atoms with Crippen LogP contribution in [0, 0.1) is 0 Å². The highest BCUT2D eigenvalue weighted by molar-refractivity contribution is 5.93. The lowest BCUT2D eigenvalue weighted by Crippen LogP contribution is -2.45. The topological polar surface area (TPSA) is 58.2 Å². The summed E-state index contributed by atoms with van der Waals surface area (Å²) < 4.78 is 0. The summed E-state index contributed by atoms with van der Waals surface area (Å²) in [5.41, 5.74) is 0.932. The lowest BCUT2D eigenvalue weighted by atomic mass is 10.1. The zero-order chi connectivity index (χ0) is 11.3. The van der Waals surface area contributed by atoms with E-state index in [0.29, 0.717) is 6.54 Å². The van der Waals surface area contributed by atoms with Crippen LogP contribution in [0.5, 0.6) is 0 Å². The standard InChI is InChI=1S/C11H18N2O2/c1-8(2)7-10(14)13-9-5-3-4-6-12-11(9)15/h7,9H,3-6H2,1-2H3,(H,12,15)(H,13,14)/t9-/m0/s1. The van der Waals surface area contributed by atoms with E-state index in [2.05, 4.69) is 10.6 Å². The molecule has 1 saturated heterocycles. The Morgan fingerprint density at radius 2 is 2.20 bits per heavy atom. The minimum absolute atomic E-state index is 0.0667. The molecule has 1 aliphatic heterocycles. The minimum Gasteiger partial charge on any atom is -0.354 e. The number of amides is 2. The van der Waals surface area contributed by atoms with E-state index in [0.717, 1.165) is 24.8 Å². The molecule has 1 atom stereocenters. The molecule has 1 fully saturated rings. The van der Waals surface area contributed by atoms with Gasteiger partial charge in [-0.1, -0.05) is 5.57 Å². The molecule has 0 bridgehead atoms. The molecule has 1 aliphatic rings. The molecule has 0 aromatic rings. The first-order valence-corrected chi connectivity index (χ1v) is 5.32. The van der Waals surface area contributed by atoms with Crippen LogP contribution in [0.4, 0.5) is 0 Å². The zero-order valence-electron chi connectivity index (χ0n) is 9.30. The van der Waals surface area contributed by atoms with E-state index in [9.17, 15) is 9.59 Å². The molecule has 4 heteroatoms. The molecule has 15 heavy (non-hydrogen) atoms. The normalized spacial score (nSPS) is 21.2. The van der Waals surface area contributed by atoms with E-state index in [4.69, 9.17) is 0 Å². The first-order chi connectivity index (χ1) is 7.09. The fourth-order valence-corrected chi connectivity index (χ4v) is 1.55. The van der Waals surface area contributed by atoms with Crippen molar-refractivity contribution in [1.29, 1.82) is 0 Å². The molecule has 4 nitrogen and oxygen atoms in total. The van der Waals surface area contributed by atoms with E-state index < -0.39 is 0 Å². The molecule has 0 radical (unpaired) electrons. The maximum Gasteiger partial charge on any atom is 0.244 e. The van der Waals surface area contributed by atoms with E-state index in [1.807, 2.05) is 13.8 Å². The Bertz CT molecular complexity index is 280. The lowest BCUT2D eigenvalue weighted by Gasteiger charge is -2.13. The average molecular weight is 210 g/mol. The molecule has 0 unspecified atom stereocenters. The van der Waals surface area contributed by atoms with Gasteiger partial charge in [0.15, 0.2) is 0 Å². The monoisotopic (exact) mass is 210 g/mol. The second kappa shape index (κ2) is 5.53. The zero-order valence-corrected chi connectivity index (χ0v) is 9.30. The summed E-state index contributed by atoms with van der Waals surface area (Å²) in [7, 11) is 0. The van der Waals surface area contributed by atoms with Crippen LogP contribution in [-0.4, -0.2) is 24.4 Å². The molecule has 0 spiro atoms. The molecule has 2 N–H and O–H groups in total. The van der Waals surface area contributed by atoms with E-state index >= 15 is 0 Å². The first kappa shape index (κ1) is 11.8. The van der Waals surface area contributed by atoms with Gasteiger partial charge in [-0.05, 0) is 33.1 Å². The highest BCUT2D eigenvalue weighted by Crippen LogP contribution is 2.05. The average Bonchev–Trinajstić information content (AvgIpc) is 2.30. The molecular formula is C11H18N2O2. The van der Waals surface area contributed by atoms with Crippen molar-refractivity contribution >= 4 is 11.8 Å². The van der Waals surface area contributed by atoms with Crippen LogP contribution in [0.15, 0.2) is 11.6 Å². The molecule has 1 heterocycles. The van der Waals surface area contributed by atoms with Gasteiger partial charge in [0.2, 0.25) is 11.8 Å². The van der Waals surface area contributed by atoms with Gasteiger partial charge in [-0.15, -0.1) is 0 Å². The smallest absolute Gasteiger partial charge is 0.244 e. The molecule has 84 valence electrons. The van der Waals surface area contributed by atoms with Crippen LogP contribution in [0.1, 0.15) is 33.1 Å². The van der Waals surface area contributed by atoms with Crippen LogP contribution >= 0.6 is 0 Å². The molecule has 0 aromatic carbocycles. The number of hydrogen-bond acceptors (Lipinski definition) is 2. The second-order valence-electron chi connectivity index (χ2n) is 4.07. The highest BCUT2D eigenvalue weighted by atomic mass is 16.2. The molecule has 0 aliphatic carbocycles. The Kier molecular flexibility index (Phi) is 4.34. The predicted molar refractivity (Wildman–Crippen MR) is 58.2 cm³/mol. The minimum atomic E-state index is -0.365. The summed E-state index contributed by atoms with van der Waals surface area (Å²) in [6.07, 6.45) is 4.20. The summed E-state index contributed by atoms with van der Waals surface area (Å²) in [5, 5.41) is 5.49. The highest BCUT2D eigenvalue weighted by Gasteiger charge is 2.21. The Labute approximate surface area is 90.1 Å². The fraction of sp³-hybridized carbons (Fsp3) is 0.636. The van der Waals surface area contributed by atoms with Crippen LogP contribution in [-0.2, 0) is 9.59 Å². The molecule has 1 rings (SSSR count). The van der Waals surface area contributed by atoms with Crippen molar-refractivity contribution in [3.05, 3.63) is 11.6 Å². The van der Waals surface area contributed by atoms with Crippen LogP contribution in [0.3, 0.4) is 0 Å². The second-order valence-corrected chi connectivity index (χ2v) is 4.07. The van der Waals surface area contributed by atoms with E-state index in [1.165, 1.54) is 6.08 Å². The number of allylic oxidation sites excluding steroid dienone is 1. The maximum atomic E-state index is 11.5. The number of nitrogens with one attached hydrogen (secondary N) is 2. The predicted octanol–water partition coefficient (Wildman–Crippen LogP) is 0.737. The SMILES string of the molecule is CC(C)=CC(=O)N[C@H]1CCCCNC1=O. The summed E-state index contributed by atoms with van der Waals surface area (Å²) in [4.78, 5) is 22.9. The van der Waals surface area contributed by atoms with Crippen molar-refractivity contribution in [2.75, 3.05) is 6.54 Å². The van der Waals surface area contributed by atoms with Crippen LogP contribution < -0.4 is 10.6 Å². The third kappa shape index (κ3) is 4.14. The van der Waals surface area contributed by atoms with Crippen LogP contribution in [0.25, 0.3) is 0 Å². The van der Waals surface area contributed by atoms with Gasteiger partial charge >= 0.3 is 0 Å². The fourth-order valence-electron chi connectivity index (χ4n) is 1.55. The Balaban J connectivity index is 2.51. The van der Waals surface area contributed by atoms with Gasteiger partial charge in [-0.3, -0.25) is 9.59 Å². The summed E-state index contributed by atoms with van der Waals surface area (Å²) in [6.45, 7) is 4.42. The largest absolute Gasteiger partial charge is 0.354 e. The van der Waals surface area contributed by atoms with Crippen molar-refractivity contribution in [3.8, 4) is 0 Å². The van der Waals surface area contributed by atoms with Gasteiger partial charge in [-0.25, -0.2) is 0 Å². The van der Waals surface area contributed by atoms with E-state index in [-0.39, 0.29) is 17.9 Å². The Morgan fingerprint density at radius 3 is 2.87 bits per heavy atom. The van der Waals surface area contributed by atoms with Gasteiger partial charge in [0.25, 0.3) is 0 Å². The molecule has 2 amide bonds. The lowest BCUT2D eigenvalue weighted by molar-refractivity contribution is -0.126. The first-order valence-electron chi connectivity index (χ1n) is 5.32. The van der Waals surface area contributed by atoms with E-state index in [1.54, 1.807) is 0 Å². The van der Waals surface area contributed by atoms with Gasteiger partial charge in [-0.2, -0.15) is 0 Å². The summed E-state index contributed by atoms with van der Waals surface area (Å²) >= 11 is 0. The van der Waals surface area contributed by atoms with Crippen molar-refractivity contribution < 1.29 is 9.59 Å². The molecule has 0 aromatic heterocycles. The van der Waals surface area contributed by atoms with Gasteiger partial charge < -0.3 is 10.6 Å². The van der Waals surface area contributed by atoms with Gasteiger partial charge in [0.1, 0.15) is 6.04 Å². The van der Waals surface area contributed by atoms with Crippen molar-refractivity contribution in [2.24, 2.45) is 0 Å². The summed E-state index contributed by atoms with van der Waals surface area (Å²) in [6, 6.07) is -0.365. The molecular weight excluding hydrogens is 192 g/mol. The molecule has 0 saturated carbocycles. The Morgan fingerprint density at radius 1 is 1.47 bits per heavy atom. The summed E-state index contributed by atoms with van der Waals surface area (Å²) in [5.74, 6) is -0.250. The number of carbonyl (C=O) groups is 2.